The van der Waals surface area contributed by atoms with Crippen molar-refractivity contribution in [2.75, 3.05) is 4.90 Å². The molecule has 0 bridgehead atoms. The Morgan fingerprint density at radius 2 is 0.951 bits per heavy atom. The van der Waals surface area contributed by atoms with Crippen LogP contribution >= 0.6 is 11.3 Å². The summed E-state index contributed by atoms with van der Waals surface area (Å²) in [5.74, 6) is 0. The first kappa shape index (κ1) is 35.7. The molecular weight excluding hydrogens is 755 g/mol. The predicted molar refractivity (Wildman–Crippen MR) is 263 cm³/mol. The molecule has 61 heavy (non-hydrogen) atoms. The minimum atomic E-state index is -0.0412. The summed E-state index contributed by atoms with van der Waals surface area (Å²) in [6.45, 7) is 4.71. The molecule has 0 aliphatic heterocycles. The first-order valence-electron chi connectivity index (χ1n) is 21.2. The van der Waals surface area contributed by atoms with E-state index in [1.807, 2.05) is 11.3 Å². The van der Waals surface area contributed by atoms with Crippen molar-refractivity contribution in [1.82, 2.24) is 0 Å². The normalized spacial score (nSPS) is 12.9. The second kappa shape index (κ2) is 13.9. The second-order valence-electron chi connectivity index (χ2n) is 16.8. The Balaban J connectivity index is 0.995. The molecule has 1 aliphatic rings. The fourth-order valence-corrected chi connectivity index (χ4v) is 11.3. The summed E-state index contributed by atoms with van der Waals surface area (Å²) in [5, 5.41) is 7.69. The van der Waals surface area contributed by atoms with E-state index < -0.39 is 0 Å². The molecule has 0 atom stereocenters. The van der Waals surface area contributed by atoms with Gasteiger partial charge < -0.3 is 4.90 Å². The number of thiophene rings is 1. The van der Waals surface area contributed by atoms with E-state index in [-0.39, 0.29) is 5.41 Å². The highest BCUT2D eigenvalue weighted by atomic mass is 32.1. The van der Waals surface area contributed by atoms with E-state index in [1.54, 1.807) is 0 Å². The first-order chi connectivity index (χ1) is 30.0. The van der Waals surface area contributed by atoms with E-state index in [4.69, 9.17) is 0 Å². The van der Waals surface area contributed by atoms with Crippen molar-refractivity contribution >= 4 is 70.1 Å². The maximum Gasteiger partial charge on any atom is 0.0468 e. The van der Waals surface area contributed by atoms with Gasteiger partial charge in [-0.15, -0.1) is 11.3 Å². The van der Waals surface area contributed by atoms with E-state index in [0.29, 0.717) is 0 Å². The fraction of sp³-hybridized carbons (Fsp3) is 0.0508. The average Bonchev–Trinajstić information content (AvgIpc) is 3.81. The number of hydrogen-bond donors (Lipinski definition) is 0. The smallest absolute Gasteiger partial charge is 0.0468 e. The number of fused-ring (bicyclic) bond motifs is 9. The third kappa shape index (κ3) is 5.67. The molecule has 0 N–H and O–H groups in total. The topological polar surface area (TPSA) is 3.24 Å². The monoisotopic (exact) mass is 795 g/mol. The van der Waals surface area contributed by atoms with Gasteiger partial charge in [0.1, 0.15) is 0 Å². The number of hydrogen-bond acceptors (Lipinski definition) is 2. The number of rotatable bonds is 6. The standard InChI is InChI=1S/C59H41NS/c1-59(2)53-23-8-6-18-52(53)57-48-35-34-45(37-42(48)29-36-54(57)59)60(44-32-27-40(28-33-44)49-21-12-22-51-50-17-7-9-24-55(50)61-58(49)51)43-30-25-39(26-31-43)47-20-11-16-41-15-10-19-46(56(41)47)38-13-4-3-5-14-38/h3-37H,1-2H3. The predicted octanol–water partition coefficient (Wildman–Crippen LogP) is 17.1. The van der Waals surface area contributed by atoms with Gasteiger partial charge in [0.2, 0.25) is 0 Å². The summed E-state index contributed by atoms with van der Waals surface area (Å²) in [5.41, 5.74) is 16.2. The summed E-state index contributed by atoms with van der Waals surface area (Å²) in [7, 11) is 0. The van der Waals surface area contributed by atoms with Crippen molar-refractivity contribution in [3.8, 4) is 44.5 Å². The van der Waals surface area contributed by atoms with Crippen molar-refractivity contribution in [3.63, 3.8) is 0 Å². The van der Waals surface area contributed by atoms with Crippen LogP contribution in [0.5, 0.6) is 0 Å². The zero-order valence-corrected chi connectivity index (χ0v) is 34.9. The molecule has 0 saturated heterocycles. The van der Waals surface area contributed by atoms with Gasteiger partial charge >= 0.3 is 0 Å². The Morgan fingerprint density at radius 3 is 1.70 bits per heavy atom. The SMILES string of the molecule is CC1(C)c2ccccc2-c2c1ccc1cc(N(c3ccc(-c4cccc5c4sc4ccccc45)cc3)c3ccc(-c4cccc5cccc(-c6ccccc6)c45)cc3)ccc21. The quantitative estimate of drug-likeness (QED) is 0.162. The molecule has 0 spiro atoms. The lowest BCUT2D eigenvalue weighted by Crippen LogP contribution is -2.14. The van der Waals surface area contributed by atoms with Crippen LogP contribution in [0.2, 0.25) is 0 Å². The highest BCUT2D eigenvalue weighted by molar-refractivity contribution is 7.26. The summed E-state index contributed by atoms with van der Waals surface area (Å²) in [6.07, 6.45) is 0. The van der Waals surface area contributed by atoms with Crippen molar-refractivity contribution in [1.29, 1.82) is 0 Å². The zero-order chi connectivity index (χ0) is 40.7. The third-order valence-corrected chi connectivity index (χ3v) is 14.3. The maximum absolute atomic E-state index is 2.41. The molecule has 0 radical (unpaired) electrons. The van der Waals surface area contributed by atoms with E-state index in [0.717, 1.165) is 17.1 Å². The van der Waals surface area contributed by atoms with Crippen LogP contribution in [0.25, 0.3) is 86.2 Å². The van der Waals surface area contributed by atoms with Crippen molar-refractivity contribution < 1.29 is 0 Å². The van der Waals surface area contributed by atoms with Crippen LogP contribution in [-0.2, 0) is 5.41 Å². The highest BCUT2D eigenvalue weighted by Crippen LogP contribution is 2.52. The lowest BCUT2D eigenvalue weighted by atomic mass is 9.82. The fourth-order valence-electron chi connectivity index (χ4n) is 10.1. The summed E-state index contributed by atoms with van der Waals surface area (Å²) in [4.78, 5) is 2.41. The molecule has 0 saturated carbocycles. The highest BCUT2D eigenvalue weighted by Gasteiger charge is 2.36. The Bertz CT molecular complexity index is 3480. The van der Waals surface area contributed by atoms with E-state index in [9.17, 15) is 0 Å². The van der Waals surface area contributed by atoms with Crippen LogP contribution in [0, 0.1) is 0 Å². The summed E-state index contributed by atoms with van der Waals surface area (Å²) < 4.78 is 2.66. The summed E-state index contributed by atoms with van der Waals surface area (Å²) in [6, 6.07) is 78.5. The number of anilines is 3. The Hall–Kier alpha value is -7.26. The minimum Gasteiger partial charge on any atom is -0.310 e. The molecule has 11 aromatic rings. The van der Waals surface area contributed by atoms with Gasteiger partial charge in [0.05, 0.1) is 0 Å². The summed E-state index contributed by atoms with van der Waals surface area (Å²) >= 11 is 1.88. The first-order valence-corrected chi connectivity index (χ1v) is 22.0. The van der Waals surface area contributed by atoms with Crippen LogP contribution < -0.4 is 4.90 Å². The molecule has 1 aromatic heterocycles. The van der Waals surface area contributed by atoms with Gasteiger partial charge in [-0.3, -0.25) is 0 Å². The molecule has 288 valence electrons. The number of nitrogens with zero attached hydrogens (tertiary/aromatic N) is 1. The van der Waals surface area contributed by atoms with Crippen molar-refractivity contribution in [2.24, 2.45) is 0 Å². The van der Waals surface area contributed by atoms with Gasteiger partial charge in [-0.05, 0) is 120 Å². The molecule has 0 fully saturated rings. The molecule has 10 aromatic carbocycles. The molecule has 2 heteroatoms. The van der Waals surface area contributed by atoms with Crippen LogP contribution in [-0.4, -0.2) is 0 Å². The Labute approximate surface area is 360 Å². The minimum absolute atomic E-state index is 0.0412. The van der Waals surface area contributed by atoms with Crippen LogP contribution in [0.3, 0.4) is 0 Å². The largest absolute Gasteiger partial charge is 0.310 e. The van der Waals surface area contributed by atoms with Crippen LogP contribution in [0.1, 0.15) is 25.0 Å². The Kier molecular flexibility index (Phi) is 8.13. The van der Waals surface area contributed by atoms with Crippen molar-refractivity contribution in [2.45, 2.75) is 19.3 Å². The molecule has 1 nitrogen and oxygen atoms in total. The second-order valence-corrected chi connectivity index (χ2v) is 17.9. The Morgan fingerprint density at radius 1 is 0.377 bits per heavy atom. The van der Waals surface area contributed by atoms with Gasteiger partial charge in [0.25, 0.3) is 0 Å². The molecule has 0 unspecified atom stereocenters. The van der Waals surface area contributed by atoms with Gasteiger partial charge in [-0.25, -0.2) is 0 Å². The molecule has 12 rings (SSSR count). The molecule has 1 aliphatic carbocycles. The van der Waals surface area contributed by atoms with Crippen molar-refractivity contribution in [3.05, 3.63) is 223 Å². The van der Waals surface area contributed by atoms with E-state index in [2.05, 4.69) is 231 Å². The molecule has 0 amide bonds. The van der Waals surface area contributed by atoms with E-state index >= 15 is 0 Å². The third-order valence-electron chi connectivity index (χ3n) is 13.1. The van der Waals surface area contributed by atoms with E-state index in [1.165, 1.54) is 97.4 Å². The van der Waals surface area contributed by atoms with Gasteiger partial charge in [0, 0.05) is 42.6 Å². The van der Waals surface area contributed by atoms with Gasteiger partial charge in [-0.2, -0.15) is 0 Å². The van der Waals surface area contributed by atoms with Crippen LogP contribution in [0.4, 0.5) is 17.1 Å². The average molecular weight is 796 g/mol. The van der Waals surface area contributed by atoms with Crippen LogP contribution in [0.15, 0.2) is 212 Å². The van der Waals surface area contributed by atoms with Gasteiger partial charge in [0.15, 0.2) is 0 Å². The lowest BCUT2D eigenvalue weighted by molar-refractivity contribution is 0.661. The molecule has 1 heterocycles. The molecular formula is C59H41NS. The van der Waals surface area contributed by atoms with Gasteiger partial charge in [-0.1, -0.05) is 184 Å². The number of benzene rings is 10. The maximum atomic E-state index is 2.41. The lowest BCUT2D eigenvalue weighted by Gasteiger charge is -2.27. The zero-order valence-electron chi connectivity index (χ0n) is 34.1.